The van der Waals surface area contributed by atoms with Crippen LogP contribution >= 0.6 is 0 Å². The number of hydrogen-bond acceptors (Lipinski definition) is 3. The Morgan fingerprint density at radius 3 is 2.26 bits per heavy atom. The average Bonchev–Trinajstić information content (AvgIpc) is 2.45. The SMILES string of the molecule is O=S(=O)(NCc1ccccc1F)c1ccccc1OC(F)(F)F. The van der Waals surface area contributed by atoms with Crippen molar-refractivity contribution in [2.45, 2.75) is 17.8 Å². The molecule has 0 radical (unpaired) electrons. The molecule has 0 fully saturated rings. The molecule has 124 valence electrons. The Kier molecular flexibility index (Phi) is 4.90. The maximum Gasteiger partial charge on any atom is 0.573 e. The fourth-order valence-electron chi connectivity index (χ4n) is 1.77. The fourth-order valence-corrected chi connectivity index (χ4v) is 2.91. The molecule has 0 unspecified atom stereocenters. The number of benzene rings is 2. The van der Waals surface area contributed by atoms with Crippen LogP contribution in [-0.2, 0) is 16.6 Å². The van der Waals surface area contributed by atoms with Crippen molar-refractivity contribution in [3.05, 3.63) is 59.9 Å². The lowest BCUT2D eigenvalue weighted by atomic mass is 10.2. The summed E-state index contributed by atoms with van der Waals surface area (Å²) < 4.78 is 80.5. The van der Waals surface area contributed by atoms with Gasteiger partial charge in [0.15, 0.2) is 0 Å². The molecule has 9 heteroatoms. The van der Waals surface area contributed by atoms with Crippen LogP contribution in [0.25, 0.3) is 0 Å². The molecule has 2 rings (SSSR count). The maximum atomic E-state index is 13.5. The number of hydrogen-bond donors (Lipinski definition) is 1. The maximum absolute atomic E-state index is 13.5. The molecule has 0 saturated carbocycles. The monoisotopic (exact) mass is 349 g/mol. The Labute approximate surface area is 129 Å². The van der Waals surface area contributed by atoms with Crippen molar-refractivity contribution < 1.29 is 30.7 Å². The lowest BCUT2D eigenvalue weighted by Crippen LogP contribution is -2.26. The van der Waals surface area contributed by atoms with Crippen molar-refractivity contribution in [2.24, 2.45) is 0 Å². The van der Waals surface area contributed by atoms with Gasteiger partial charge in [-0.3, -0.25) is 0 Å². The van der Waals surface area contributed by atoms with Gasteiger partial charge >= 0.3 is 6.36 Å². The summed E-state index contributed by atoms with van der Waals surface area (Å²) in [6, 6.07) is 9.74. The quantitative estimate of drug-likeness (QED) is 0.844. The summed E-state index contributed by atoms with van der Waals surface area (Å²) in [7, 11) is -4.32. The summed E-state index contributed by atoms with van der Waals surface area (Å²) in [5.74, 6) is -1.49. The van der Waals surface area contributed by atoms with Crippen molar-refractivity contribution in [1.82, 2.24) is 4.72 Å². The average molecular weight is 349 g/mol. The summed E-state index contributed by atoms with van der Waals surface area (Å²) in [6.07, 6.45) is -5.03. The first-order valence-corrected chi connectivity index (χ1v) is 7.75. The molecular formula is C14H11F4NO3S. The highest BCUT2D eigenvalue weighted by Gasteiger charge is 2.33. The molecule has 0 saturated heterocycles. The van der Waals surface area contributed by atoms with E-state index in [2.05, 4.69) is 4.74 Å². The number of alkyl halides is 3. The van der Waals surface area contributed by atoms with Crippen LogP contribution in [0.3, 0.4) is 0 Å². The highest BCUT2D eigenvalue weighted by molar-refractivity contribution is 7.89. The molecule has 0 aromatic heterocycles. The third kappa shape index (κ3) is 4.67. The standard InChI is InChI=1S/C14H11F4NO3S/c15-11-6-2-1-5-10(11)9-19-23(20,21)13-8-4-3-7-12(13)22-14(16,17)18/h1-8,19H,9H2. The van der Waals surface area contributed by atoms with Crippen LogP contribution in [0, 0.1) is 5.82 Å². The van der Waals surface area contributed by atoms with Crippen molar-refractivity contribution in [3.8, 4) is 5.75 Å². The zero-order chi connectivity index (χ0) is 17.1. The lowest BCUT2D eigenvalue weighted by Gasteiger charge is -2.14. The summed E-state index contributed by atoms with van der Waals surface area (Å²) in [6.45, 7) is -0.407. The van der Waals surface area contributed by atoms with Gasteiger partial charge in [-0.1, -0.05) is 30.3 Å². The van der Waals surface area contributed by atoms with Crippen LogP contribution in [-0.4, -0.2) is 14.8 Å². The molecule has 0 bridgehead atoms. The summed E-state index contributed by atoms with van der Waals surface area (Å²) in [5, 5.41) is 0. The molecule has 0 spiro atoms. The Balaban J connectivity index is 2.25. The van der Waals surface area contributed by atoms with Gasteiger partial charge in [-0.15, -0.1) is 13.2 Å². The number of halogens is 4. The molecule has 23 heavy (non-hydrogen) atoms. The van der Waals surface area contributed by atoms with Crippen molar-refractivity contribution in [2.75, 3.05) is 0 Å². The largest absolute Gasteiger partial charge is 0.573 e. The Hall–Kier alpha value is -2.13. The van der Waals surface area contributed by atoms with Gasteiger partial charge in [0.1, 0.15) is 16.5 Å². The number of ether oxygens (including phenoxy) is 1. The van der Waals surface area contributed by atoms with E-state index in [4.69, 9.17) is 0 Å². The Morgan fingerprint density at radius 1 is 1.00 bits per heavy atom. The van der Waals surface area contributed by atoms with E-state index in [0.717, 1.165) is 18.2 Å². The molecule has 4 nitrogen and oxygen atoms in total. The lowest BCUT2D eigenvalue weighted by molar-refractivity contribution is -0.275. The topological polar surface area (TPSA) is 55.4 Å². The molecule has 0 atom stereocenters. The molecule has 1 N–H and O–H groups in total. The van der Waals surface area contributed by atoms with Crippen molar-refractivity contribution in [1.29, 1.82) is 0 Å². The molecular weight excluding hydrogens is 338 g/mol. The van der Waals surface area contributed by atoms with Crippen LogP contribution in [0.15, 0.2) is 53.4 Å². The molecule has 0 aliphatic heterocycles. The summed E-state index contributed by atoms with van der Waals surface area (Å²) >= 11 is 0. The zero-order valence-electron chi connectivity index (χ0n) is 11.5. The van der Waals surface area contributed by atoms with Crippen LogP contribution < -0.4 is 9.46 Å². The van der Waals surface area contributed by atoms with Gasteiger partial charge in [-0.25, -0.2) is 17.5 Å². The first kappa shape index (κ1) is 17.2. The Bertz CT molecular complexity index is 791. The molecule has 0 aliphatic rings. The number of rotatable bonds is 5. The molecule has 2 aromatic carbocycles. The third-order valence-electron chi connectivity index (χ3n) is 2.77. The van der Waals surface area contributed by atoms with Gasteiger partial charge in [0.2, 0.25) is 10.0 Å². The fraction of sp³-hybridized carbons (Fsp3) is 0.143. The minimum atomic E-state index is -5.03. The van der Waals surface area contributed by atoms with E-state index >= 15 is 0 Å². The molecule has 0 aliphatic carbocycles. The zero-order valence-corrected chi connectivity index (χ0v) is 12.3. The minimum Gasteiger partial charge on any atom is -0.404 e. The summed E-state index contributed by atoms with van der Waals surface area (Å²) in [4.78, 5) is -0.686. The van der Waals surface area contributed by atoms with E-state index < -0.39 is 39.4 Å². The van der Waals surface area contributed by atoms with Gasteiger partial charge in [0.25, 0.3) is 0 Å². The predicted octanol–water partition coefficient (Wildman–Crippen LogP) is 3.20. The van der Waals surface area contributed by atoms with Crippen molar-refractivity contribution in [3.63, 3.8) is 0 Å². The van der Waals surface area contributed by atoms with Crippen LogP contribution in [0.2, 0.25) is 0 Å². The minimum absolute atomic E-state index is 0.0605. The highest BCUT2D eigenvalue weighted by Crippen LogP contribution is 2.29. The van der Waals surface area contributed by atoms with E-state index in [0.29, 0.717) is 0 Å². The van der Waals surface area contributed by atoms with Crippen molar-refractivity contribution >= 4 is 10.0 Å². The van der Waals surface area contributed by atoms with E-state index in [1.807, 2.05) is 4.72 Å². The molecule has 0 amide bonds. The van der Waals surface area contributed by atoms with E-state index in [-0.39, 0.29) is 5.56 Å². The molecule has 2 aromatic rings. The number of nitrogens with one attached hydrogen (secondary N) is 1. The van der Waals surface area contributed by atoms with Gasteiger partial charge < -0.3 is 4.74 Å². The first-order valence-electron chi connectivity index (χ1n) is 6.27. The smallest absolute Gasteiger partial charge is 0.404 e. The van der Waals surface area contributed by atoms with Gasteiger partial charge in [-0.2, -0.15) is 0 Å². The second-order valence-electron chi connectivity index (χ2n) is 4.41. The number of para-hydroxylation sites is 1. The summed E-state index contributed by atoms with van der Waals surface area (Å²) in [5.41, 5.74) is 0.0605. The van der Waals surface area contributed by atoms with E-state index in [1.165, 1.54) is 30.3 Å². The Morgan fingerprint density at radius 2 is 1.61 bits per heavy atom. The van der Waals surface area contributed by atoms with Gasteiger partial charge in [0, 0.05) is 12.1 Å². The van der Waals surface area contributed by atoms with Crippen LogP contribution in [0.4, 0.5) is 17.6 Å². The van der Waals surface area contributed by atoms with Gasteiger partial charge in [-0.05, 0) is 18.2 Å². The molecule has 0 heterocycles. The second kappa shape index (κ2) is 6.55. The van der Waals surface area contributed by atoms with Crippen LogP contribution in [0.5, 0.6) is 5.75 Å². The third-order valence-corrected chi connectivity index (χ3v) is 4.22. The van der Waals surface area contributed by atoms with Gasteiger partial charge in [0.05, 0.1) is 0 Å². The number of sulfonamides is 1. The highest BCUT2D eigenvalue weighted by atomic mass is 32.2. The van der Waals surface area contributed by atoms with E-state index in [9.17, 15) is 26.0 Å². The normalized spacial score (nSPS) is 12.2. The first-order chi connectivity index (χ1) is 10.7. The van der Waals surface area contributed by atoms with Crippen LogP contribution in [0.1, 0.15) is 5.56 Å². The predicted molar refractivity (Wildman–Crippen MR) is 73.6 cm³/mol. The van der Waals surface area contributed by atoms with E-state index in [1.54, 1.807) is 0 Å². The second-order valence-corrected chi connectivity index (χ2v) is 6.15.